The third kappa shape index (κ3) is 3.52. The lowest BCUT2D eigenvalue weighted by Crippen LogP contribution is -2.25. The summed E-state index contributed by atoms with van der Waals surface area (Å²) in [5, 5.41) is 3.53. The number of amides is 1. The molecule has 0 aliphatic rings. The molecule has 0 aliphatic heterocycles. The number of fused-ring (bicyclic) bond motifs is 1. The first kappa shape index (κ1) is 17.2. The zero-order chi connectivity index (χ0) is 18.8. The van der Waals surface area contributed by atoms with Gasteiger partial charge in [-0.1, -0.05) is 23.7 Å². The van der Waals surface area contributed by atoms with Crippen molar-refractivity contribution >= 4 is 23.0 Å². The number of halogens is 1. The van der Waals surface area contributed by atoms with Gasteiger partial charge in [0.15, 0.2) is 5.52 Å². The summed E-state index contributed by atoms with van der Waals surface area (Å²) in [6, 6.07) is 13.2. The van der Waals surface area contributed by atoms with E-state index in [2.05, 4.69) is 20.3 Å². The van der Waals surface area contributed by atoms with E-state index < -0.39 is 0 Å². The maximum atomic E-state index is 12.8. The zero-order valence-electron chi connectivity index (χ0n) is 14.6. The number of aromatic nitrogens is 4. The van der Waals surface area contributed by atoms with Gasteiger partial charge in [0.25, 0.3) is 11.7 Å². The molecule has 4 rings (SSSR count). The summed E-state index contributed by atoms with van der Waals surface area (Å²) in [7, 11) is 0. The number of aromatic amines is 1. The number of nitrogens with zero attached hydrogens (tertiary/aromatic N) is 3. The molecule has 0 spiro atoms. The van der Waals surface area contributed by atoms with E-state index in [1.807, 2.05) is 60.0 Å². The van der Waals surface area contributed by atoms with Crippen LogP contribution in [0.3, 0.4) is 0 Å². The van der Waals surface area contributed by atoms with Crippen LogP contribution in [0.2, 0.25) is 5.02 Å². The second kappa shape index (κ2) is 7.17. The van der Waals surface area contributed by atoms with Crippen molar-refractivity contribution in [3.8, 4) is 11.4 Å². The highest BCUT2D eigenvalue weighted by molar-refractivity contribution is 6.30. The molecule has 6 nitrogen and oxygen atoms in total. The fourth-order valence-electron chi connectivity index (χ4n) is 2.87. The first-order chi connectivity index (χ1) is 13.1. The number of benzene rings is 1. The fraction of sp³-hybridized carbons (Fsp3) is 0.100. The predicted molar refractivity (Wildman–Crippen MR) is 102 cm³/mol. The first-order valence-corrected chi connectivity index (χ1v) is 8.83. The van der Waals surface area contributed by atoms with Crippen LogP contribution in [0.4, 0.5) is 0 Å². The Bertz CT molecular complexity index is 1120. The van der Waals surface area contributed by atoms with Crippen LogP contribution >= 0.6 is 11.6 Å². The Hall–Kier alpha value is -3.25. The average Bonchev–Trinajstić information content (AvgIpc) is 3.07. The molecule has 0 bridgehead atoms. The van der Waals surface area contributed by atoms with Crippen LogP contribution in [-0.4, -0.2) is 20.9 Å². The van der Waals surface area contributed by atoms with Crippen molar-refractivity contribution in [1.82, 2.24) is 20.3 Å². The first-order valence-electron chi connectivity index (χ1n) is 8.46. The molecule has 0 atom stereocenters. The number of aryl methyl sites for hydroxylation is 1. The topological polar surface area (TPSA) is 74.8 Å². The molecule has 1 amide bonds. The minimum Gasteiger partial charge on any atom is -0.343 e. The number of carbonyl (C=O) groups is 1. The number of H-pyrrole nitrogens is 1. The van der Waals surface area contributed by atoms with Gasteiger partial charge in [-0.3, -0.25) is 14.8 Å². The average molecular weight is 379 g/mol. The summed E-state index contributed by atoms with van der Waals surface area (Å²) in [4.78, 5) is 24.5. The number of hydrogen-bond acceptors (Lipinski definition) is 3. The molecule has 3 aromatic heterocycles. The van der Waals surface area contributed by atoms with E-state index in [-0.39, 0.29) is 5.91 Å². The molecule has 0 saturated heterocycles. The Morgan fingerprint density at radius 3 is 2.85 bits per heavy atom. The Kier molecular flexibility index (Phi) is 4.56. The van der Waals surface area contributed by atoms with Gasteiger partial charge in [0.05, 0.1) is 35.9 Å². The van der Waals surface area contributed by atoms with Crippen LogP contribution < -0.4 is 9.72 Å². The summed E-state index contributed by atoms with van der Waals surface area (Å²) in [5.41, 5.74) is 3.69. The summed E-state index contributed by atoms with van der Waals surface area (Å²) in [6.07, 6.45) is 5.25. The van der Waals surface area contributed by atoms with Crippen LogP contribution in [0.1, 0.15) is 21.9 Å². The number of pyridine rings is 1. The number of rotatable bonds is 4. The van der Waals surface area contributed by atoms with Crippen LogP contribution in [0, 0.1) is 6.92 Å². The lowest BCUT2D eigenvalue weighted by Gasteiger charge is -2.01. The number of carbonyl (C=O) groups excluding carboxylic acids is 1. The predicted octanol–water partition coefficient (Wildman–Crippen LogP) is 3.10. The van der Waals surface area contributed by atoms with E-state index in [4.69, 9.17) is 11.6 Å². The molecule has 7 heteroatoms. The largest absolute Gasteiger partial charge is 0.343 e. The molecule has 0 fully saturated rings. The Balaban J connectivity index is 1.67. The van der Waals surface area contributed by atoms with Crippen LogP contribution in [-0.2, 0) is 6.54 Å². The molecular formula is C20H17ClN5O+. The lowest BCUT2D eigenvalue weighted by atomic mass is 10.2. The van der Waals surface area contributed by atoms with Crippen molar-refractivity contribution in [2.45, 2.75) is 13.5 Å². The molecule has 0 radical (unpaired) electrons. The summed E-state index contributed by atoms with van der Waals surface area (Å²) in [5.74, 6) is 0.572. The molecule has 0 unspecified atom stereocenters. The number of imidazole rings is 1. The lowest BCUT2D eigenvalue weighted by molar-refractivity contribution is -0.498. The second-order valence-electron chi connectivity index (χ2n) is 6.15. The van der Waals surface area contributed by atoms with E-state index in [0.717, 1.165) is 22.6 Å². The summed E-state index contributed by atoms with van der Waals surface area (Å²) < 4.78 is 1.94. The van der Waals surface area contributed by atoms with Crippen molar-refractivity contribution in [3.05, 3.63) is 83.2 Å². The van der Waals surface area contributed by atoms with Gasteiger partial charge in [-0.05, 0) is 37.3 Å². The molecular weight excluding hydrogens is 362 g/mol. The van der Waals surface area contributed by atoms with E-state index in [9.17, 15) is 4.79 Å². The molecule has 4 aromatic rings. The molecule has 1 aromatic carbocycles. The van der Waals surface area contributed by atoms with Crippen molar-refractivity contribution in [2.24, 2.45) is 0 Å². The summed E-state index contributed by atoms with van der Waals surface area (Å²) in [6.45, 7) is 2.17. The standard InChI is InChI=1S/C20H16ClN5O/c1-13-10-23-16(11-22-13)12-24-20(27)18-17-7-2-3-8-26(17)19(25-18)14-5-4-6-15(21)9-14/h2-11H,12H2,1H3,(H,24,27)/p+1. The second-order valence-corrected chi connectivity index (χ2v) is 6.58. The van der Waals surface area contributed by atoms with Gasteiger partial charge < -0.3 is 5.32 Å². The fourth-order valence-corrected chi connectivity index (χ4v) is 3.06. The Labute approximate surface area is 160 Å². The minimum atomic E-state index is -0.214. The van der Waals surface area contributed by atoms with Crippen LogP contribution in [0.5, 0.6) is 0 Å². The zero-order valence-corrected chi connectivity index (χ0v) is 15.4. The van der Waals surface area contributed by atoms with Crippen molar-refractivity contribution in [1.29, 1.82) is 0 Å². The van der Waals surface area contributed by atoms with Gasteiger partial charge in [-0.15, -0.1) is 0 Å². The van der Waals surface area contributed by atoms with Crippen molar-refractivity contribution in [2.75, 3.05) is 0 Å². The van der Waals surface area contributed by atoms with Gasteiger partial charge in [0.2, 0.25) is 5.69 Å². The van der Waals surface area contributed by atoms with Crippen LogP contribution in [0.15, 0.2) is 61.1 Å². The smallest absolute Gasteiger partial charge is 0.295 e. The normalized spacial score (nSPS) is 10.9. The van der Waals surface area contributed by atoms with Gasteiger partial charge in [0.1, 0.15) is 0 Å². The van der Waals surface area contributed by atoms with E-state index in [1.54, 1.807) is 12.4 Å². The Morgan fingerprint density at radius 1 is 1.19 bits per heavy atom. The highest BCUT2D eigenvalue weighted by Crippen LogP contribution is 2.21. The number of hydrogen-bond donors (Lipinski definition) is 2. The van der Waals surface area contributed by atoms with Gasteiger partial charge in [0, 0.05) is 11.2 Å². The van der Waals surface area contributed by atoms with Gasteiger partial charge in [-0.2, -0.15) is 4.40 Å². The highest BCUT2D eigenvalue weighted by atomic mass is 35.5. The molecule has 3 heterocycles. The SMILES string of the molecule is Cc1cnc(CNC(=O)c2[nH]c(-c3cccc(Cl)c3)[n+]3ccccc23)cn1. The Morgan fingerprint density at radius 2 is 2.07 bits per heavy atom. The third-order valence-corrected chi connectivity index (χ3v) is 4.43. The van der Waals surface area contributed by atoms with Crippen molar-refractivity contribution < 1.29 is 9.20 Å². The van der Waals surface area contributed by atoms with E-state index >= 15 is 0 Å². The van der Waals surface area contributed by atoms with Gasteiger partial charge >= 0.3 is 0 Å². The van der Waals surface area contributed by atoms with E-state index in [1.165, 1.54) is 0 Å². The molecule has 134 valence electrons. The maximum Gasteiger partial charge on any atom is 0.295 e. The molecule has 27 heavy (non-hydrogen) atoms. The highest BCUT2D eigenvalue weighted by Gasteiger charge is 2.24. The quantitative estimate of drug-likeness (QED) is 0.536. The minimum absolute atomic E-state index is 0.214. The maximum absolute atomic E-state index is 12.8. The molecule has 0 aliphatic carbocycles. The summed E-state index contributed by atoms with van der Waals surface area (Å²) >= 11 is 6.13. The molecule has 0 saturated carbocycles. The molecule has 2 N–H and O–H groups in total. The number of nitrogens with one attached hydrogen (secondary N) is 2. The monoisotopic (exact) mass is 378 g/mol. The van der Waals surface area contributed by atoms with Crippen LogP contribution in [0.25, 0.3) is 16.9 Å². The van der Waals surface area contributed by atoms with Crippen molar-refractivity contribution in [3.63, 3.8) is 0 Å². The van der Waals surface area contributed by atoms with Gasteiger partial charge in [-0.25, -0.2) is 4.98 Å². The van der Waals surface area contributed by atoms with E-state index in [0.29, 0.717) is 23.0 Å². The third-order valence-electron chi connectivity index (χ3n) is 4.19.